The van der Waals surface area contributed by atoms with Crippen molar-refractivity contribution >= 4 is 33.6 Å². The number of carbonyl (C=O) groups is 3. The number of ether oxygens (including phenoxy) is 2. The van der Waals surface area contributed by atoms with Crippen molar-refractivity contribution < 1.29 is 32.3 Å². The minimum atomic E-state index is -3.59. The molecular formula is C21H24N2O7S. The second kappa shape index (κ2) is 10.7. The summed E-state index contributed by atoms with van der Waals surface area (Å²) >= 11 is 0. The Kier molecular flexibility index (Phi) is 8.29. The van der Waals surface area contributed by atoms with Gasteiger partial charge >= 0.3 is 11.9 Å². The van der Waals surface area contributed by atoms with Crippen LogP contribution in [0.15, 0.2) is 53.4 Å². The zero-order chi connectivity index (χ0) is 23.0. The van der Waals surface area contributed by atoms with Crippen LogP contribution in [0.3, 0.4) is 0 Å². The van der Waals surface area contributed by atoms with Gasteiger partial charge in [0.2, 0.25) is 10.0 Å². The predicted molar refractivity (Wildman–Crippen MR) is 113 cm³/mol. The zero-order valence-electron chi connectivity index (χ0n) is 17.5. The van der Waals surface area contributed by atoms with E-state index in [1.807, 2.05) is 0 Å². The third-order valence-corrected chi connectivity index (χ3v) is 6.42. The fourth-order valence-electron chi connectivity index (χ4n) is 2.69. The molecule has 0 bridgehead atoms. The Morgan fingerprint density at radius 2 is 1.39 bits per heavy atom. The van der Waals surface area contributed by atoms with Gasteiger partial charge in [-0.1, -0.05) is 13.8 Å². The molecule has 31 heavy (non-hydrogen) atoms. The maximum atomic E-state index is 12.5. The molecule has 2 rings (SSSR count). The smallest absolute Gasteiger partial charge is 0.338 e. The van der Waals surface area contributed by atoms with E-state index in [0.29, 0.717) is 18.8 Å². The van der Waals surface area contributed by atoms with Gasteiger partial charge in [-0.05, 0) is 48.5 Å². The summed E-state index contributed by atoms with van der Waals surface area (Å²) in [5.41, 5.74) is 0.816. The summed E-state index contributed by atoms with van der Waals surface area (Å²) in [4.78, 5) is 35.6. The van der Waals surface area contributed by atoms with Crippen LogP contribution in [0.1, 0.15) is 34.6 Å². The molecule has 2 aromatic rings. The van der Waals surface area contributed by atoms with Gasteiger partial charge in [0.15, 0.2) is 6.61 Å². The van der Waals surface area contributed by atoms with Crippen LogP contribution in [0.2, 0.25) is 0 Å². The molecule has 0 saturated heterocycles. The van der Waals surface area contributed by atoms with Crippen LogP contribution in [-0.4, -0.2) is 57.4 Å². The Balaban J connectivity index is 1.92. The standard InChI is InChI=1S/C21H24N2O7S/c1-4-23(5-2)31(27,28)18-12-10-17(11-13-18)22-19(24)14-30-21(26)16-8-6-15(7-9-16)20(25)29-3/h6-13H,4-5,14H2,1-3H3,(H,22,24). The Morgan fingerprint density at radius 1 is 0.871 bits per heavy atom. The molecule has 0 unspecified atom stereocenters. The largest absolute Gasteiger partial charge is 0.465 e. The lowest BCUT2D eigenvalue weighted by Crippen LogP contribution is -2.30. The Morgan fingerprint density at radius 3 is 1.87 bits per heavy atom. The fraction of sp³-hybridized carbons (Fsp3) is 0.286. The molecule has 0 aliphatic heterocycles. The van der Waals surface area contributed by atoms with Crippen molar-refractivity contribution in [1.29, 1.82) is 0 Å². The normalized spacial score (nSPS) is 11.1. The van der Waals surface area contributed by atoms with Crippen molar-refractivity contribution in [2.75, 3.05) is 32.1 Å². The van der Waals surface area contributed by atoms with E-state index >= 15 is 0 Å². The number of nitrogens with one attached hydrogen (secondary N) is 1. The topological polar surface area (TPSA) is 119 Å². The summed E-state index contributed by atoms with van der Waals surface area (Å²) in [7, 11) is -2.34. The van der Waals surface area contributed by atoms with Gasteiger partial charge in [0.25, 0.3) is 5.91 Å². The number of benzene rings is 2. The van der Waals surface area contributed by atoms with E-state index in [9.17, 15) is 22.8 Å². The molecule has 0 radical (unpaired) electrons. The molecule has 0 spiro atoms. The second-order valence-corrected chi connectivity index (χ2v) is 8.24. The number of methoxy groups -OCH3 is 1. The van der Waals surface area contributed by atoms with E-state index in [2.05, 4.69) is 10.1 Å². The number of hydrogen-bond donors (Lipinski definition) is 1. The highest BCUT2D eigenvalue weighted by molar-refractivity contribution is 7.89. The summed E-state index contributed by atoms with van der Waals surface area (Å²) < 4.78 is 35.8. The molecule has 9 nitrogen and oxygen atoms in total. The van der Waals surface area contributed by atoms with Crippen LogP contribution in [0.5, 0.6) is 0 Å². The van der Waals surface area contributed by atoms with Gasteiger partial charge in [-0.15, -0.1) is 0 Å². The maximum Gasteiger partial charge on any atom is 0.338 e. The minimum absolute atomic E-state index is 0.121. The highest BCUT2D eigenvalue weighted by Crippen LogP contribution is 2.18. The summed E-state index contributed by atoms with van der Waals surface area (Å²) in [5.74, 6) is -1.85. The number of nitrogens with zero attached hydrogens (tertiary/aromatic N) is 1. The van der Waals surface area contributed by atoms with Crippen molar-refractivity contribution in [2.24, 2.45) is 0 Å². The van der Waals surface area contributed by atoms with Gasteiger partial charge in [0.1, 0.15) is 0 Å². The van der Waals surface area contributed by atoms with Crippen LogP contribution < -0.4 is 5.32 Å². The quantitative estimate of drug-likeness (QED) is 0.585. The number of amides is 1. The summed E-state index contributed by atoms with van der Waals surface area (Å²) in [6, 6.07) is 11.3. The first kappa shape index (κ1) is 24.0. The summed E-state index contributed by atoms with van der Waals surface area (Å²) in [5, 5.41) is 2.53. The number of anilines is 1. The average molecular weight is 448 g/mol. The van der Waals surface area contributed by atoms with Gasteiger partial charge in [-0.2, -0.15) is 4.31 Å². The first-order chi connectivity index (χ1) is 14.7. The van der Waals surface area contributed by atoms with Crippen molar-refractivity contribution in [2.45, 2.75) is 18.7 Å². The monoisotopic (exact) mass is 448 g/mol. The lowest BCUT2D eigenvalue weighted by molar-refractivity contribution is -0.119. The fourth-order valence-corrected chi connectivity index (χ4v) is 4.15. The highest BCUT2D eigenvalue weighted by Gasteiger charge is 2.21. The van der Waals surface area contributed by atoms with E-state index in [0.717, 1.165) is 0 Å². The van der Waals surface area contributed by atoms with E-state index in [1.54, 1.807) is 13.8 Å². The molecule has 1 amide bonds. The molecule has 2 aromatic carbocycles. The predicted octanol–water partition coefficient (Wildman–Crippen LogP) is 2.30. The van der Waals surface area contributed by atoms with Crippen LogP contribution in [-0.2, 0) is 24.3 Å². The van der Waals surface area contributed by atoms with Crippen molar-refractivity contribution in [3.8, 4) is 0 Å². The maximum absolute atomic E-state index is 12.5. The molecule has 0 atom stereocenters. The molecule has 0 saturated carbocycles. The number of rotatable bonds is 9. The number of carbonyl (C=O) groups excluding carboxylic acids is 3. The van der Waals surface area contributed by atoms with Crippen molar-refractivity contribution in [1.82, 2.24) is 4.31 Å². The Hall–Kier alpha value is -3.24. The molecule has 0 aromatic heterocycles. The zero-order valence-corrected chi connectivity index (χ0v) is 18.3. The van der Waals surface area contributed by atoms with Crippen molar-refractivity contribution in [3.05, 3.63) is 59.7 Å². The first-order valence-electron chi connectivity index (χ1n) is 9.48. The number of esters is 2. The Labute approximate surface area is 181 Å². The van der Waals surface area contributed by atoms with E-state index in [-0.39, 0.29) is 16.0 Å². The van der Waals surface area contributed by atoms with Gasteiger partial charge in [0.05, 0.1) is 23.1 Å². The molecule has 0 heterocycles. The lowest BCUT2D eigenvalue weighted by Gasteiger charge is -2.18. The first-order valence-corrected chi connectivity index (χ1v) is 10.9. The van der Waals surface area contributed by atoms with E-state index < -0.39 is 34.5 Å². The van der Waals surface area contributed by atoms with Gasteiger partial charge in [-0.25, -0.2) is 18.0 Å². The molecule has 166 valence electrons. The molecule has 0 fully saturated rings. The third-order valence-electron chi connectivity index (χ3n) is 4.36. The van der Waals surface area contributed by atoms with Crippen LogP contribution in [0, 0.1) is 0 Å². The van der Waals surface area contributed by atoms with E-state index in [1.165, 1.54) is 59.9 Å². The third kappa shape index (κ3) is 6.12. The van der Waals surface area contributed by atoms with Crippen LogP contribution in [0.4, 0.5) is 5.69 Å². The van der Waals surface area contributed by atoms with Gasteiger partial charge in [-0.3, -0.25) is 4.79 Å². The SMILES string of the molecule is CCN(CC)S(=O)(=O)c1ccc(NC(=O)COC(=O)c2ccc(C(=O)OC)cc2)cc1. The second-order valence-electron chi connectivity index (χ2n) is 6.31. The van der Waals surface area contributed by atoms with Crippen LogP contribution in [0.25, 0.3) is 0 Å². The molecular weight excluding hydrogens is 424 g/mol. The number of hydrogen-bond acceptors (Lipinski definition) is 7. The minimum Gasteiger partial charge on any atom is -0.465 e. The lowest BCUT2D eigenvalue weighted by atomic mass is 10.1. The van der Waals surface area contributed by atoms with Crippen LogP contribution >= 0.6 is 0 Å². The molecule has 0 aliphatic rings. The molecule has 1 N–H and O–H groups in total. The van der Waals surface area contributed by atoms with Gasteiger partial charge in [0, 0.05) is 18.8 Å². The average Bonchev–Trinajstić information content (AvgIpc) is 2.78. The summed E-state index contributed by atoms with van der Waals surface area (Å²) in [6.45, 7) is 3.69. The number of sulfonamides is 1. The Bertz CT molecular complexity index is 1030. The van der Waals surface area contributed by atoms with Crippen molar-refractivity contribution in [3.63, 3.8) is 0 Å². The van der Waals surface area contributed by atoms with Gasteiger partial charge < -0.3 is 14.8 Å². The van der Waals surface area contributed by atoms with E-state index in [4.69, 9.17) is 4.74 Å². The molecule has 0 aliphatic carbocycles. The molecule has 10 heteroatoms. The summed E-state index contributed by atoms with van der Waals surface area (Å²) in [6.07, 6.45) is 0. The highest BCUT2D eigenvalue weighted by atomic mass is 32.2.